The maximum atomic E-state index is 12.5. The summed E-state index contributed by atoms with van der Waals surface area (Å²) >= 11 is 1.75. The number of nitrogens with zero attached hydrogens (tertiary/aromatic N) is 2. The van der Waals surface area contributed by atoms with Crippen LogP contribution >= 0.6 is 11.8 Å². The maximum absolute atomic E-state index is 12.5. The number of cyclic esters (lactones) is 1. The van der Waals surface area contributed by atoms with E-state index in [9.17, 15) is 15.3 Å². The van der Waals surface area contributed by atoms with Crippen molar-refractivity contribution >= 4 is 17.7 Å². The van der Waals surface area contributed by atoms with Crippen LogP contribution in [-0.4, -0.2) is 10.7 Å². The molecule has 23 heavy (non-hydrogen) atoms. The van der Waals surface area contributed by atoms with Gasteiger partial charge in [-0.1, -0.05) is 13.8 Å². The normalized spacial score (nSPS) is 27.9. The fourth-order valence-corrected chi connectivity index (χ4v) is 5.19. The molecule has 3 aliphatic rings. The lowest BCUT2D eigenvalue weighted by atomic mass is 9.63. The van der Waals surface area contributed by atoms with Gasteiger partial charge in [-0.25, -0.2) is 4.79 Å². The van der Waals surface area contributed by atoms with Crippen LogP contribution in [0, 0.1) is 28.1 Å². The largest absolute Gasteiger partial charge is 0.420 e. The molecule has 0 radical (unpaired) electrons. The molecule has 2 aliphatic heterocycles. The molecular formula is C18H16N2O2S. The fourth-order valence-electron chi connectivity index (χ4n) is 3.69. The van der Waals surface area contributed by atoms with E-state index in [1.807, 2.05) is 32.9 Å². The number of nitriles is 2. The van der Waals surface area contributed by atoms with Crippen LogP contribution in [0.25, 0.3) is 0 Å². The van der Waals surface area contributed by atoms with Gasteiger partial charge in [0.25, 0.3) is 0 Å². The zero-order valence-corrected chi connectivity index (χ0v) is 14.5. The Morgan fingerprint density at radius 1 is 1.22 bits per heavy atom. The van der Waals surface area contributed by atoms with Crippen LogP contribution in [0.3, 0.4) is 0 Å². The van der Waals surface area contributed by atoms with Gasteiger partial charge in [-0.2, -0.15) is 10.5 Å². The number of rotatable bonds is 0. The molecule has 0 amide bonds. The Hall–Kier alpha value is -2.24. The molecule has 0 saturated carbocycles. The molecule has 116 valence electrons. The molecule has 2 heterocycles. The maximum Gasteiger partial charge on any atom is 0.340 e. The third-order valence-corrected chi connectivity index (χ3v) is 6.73. The van der Waals surface area contributed by atoms with Crippen molar-refractivity contribution in [2.24, 2.45) is 5.41 Å². The van der Waals surface area contributed by atoms with E-state index < -0.39 is 11.4 Å². The van der Waals surface area contributed by atoms with Gasteiger partial charge >= 0.3 is 5.97 Å². The van der Waals surface area contributed by atoms with Crippen molar-refractivity contribution in [3.05, 3.63) is 44.6 Å². The van der Waals surface area contributed by atoms with Crippen LogP contribution in [0.4, 0.5) is 0 Å². The second kappa shape index (κ2) is 4.63. The SMILES string of the molecule is CC1=CC2=C(C)C3=C(C(=O)OC3=C(C#N)C#N)C(C)(C)[C@]2(C)S1. The molecule has 1 atom stereocenters. The fraction of sp³-hybridized carbons (Fsp3) is 0.389. The molecule has 0 saturated heterocycles. The van der Waals surface area contributed by atoms with E-state index in [-0.39, 0.29) is 16.1 Å². The van der Waals surface area contributed by atoms with Crippen molar-refractivity contribution in [1.82, 2.24) is 0 Å². The second-order valence-electron chi connectivity index (χ2n) is 6.62. The van der Waals surface area contributed by atoms with Crippen LogP contribution in [0.1, 0.15) is 34.6 Å². The summed E-state index contributed by atoms with van der Waals surface area (Å²) in [5, 5.41) is 18.4. The van der Waals surface area contributed by atoms with Crippen molar-refractivity contribution in [2.45, 2.75) is 39.4 Å². The van der Waals surface area contributed by atoms with Gasteiger partial charge in [0, 0.05) is 11.0 Å². The molecule has 5 heteroatoms. The summed E-state index contributed by atoms with van der Waals surface area (Å²) in [6.07, 6.45) is 2.13. The summed E-state index contributed by atoms with van der Waals surface area (Å²) in [7, 11) is 0. The Labute approximate surface area is 139 Å². The number of hydrogen-bond donors (Lipinski definition) is 0. The van der Waals surface area contributed by atoms with E-state index in [0.717, 1.165) is 11.1 Å². The van der Waals surface area contributed by atoms with Gasteiger partial charge in [0.2, 0.25) is 0 Å². The van der Waals surface area contributed by atoms with Gasteiger partial charge in [-0.05, 0) is 42.9 Å². The highest BCUT2D eigenvalue weighted by atomic mass is 32.2. The number of ether oxygens (including phenoxy) is 1. The Bertz CT molecular complexity index is 856. The van der Waals surface area contributed by atoms with Crippen molar-refractivity contribution in [3.63, 3.8) is 0 Å². The highest BCUT2D eigenvalue weighted by Crippen LogP contribution is 2.64. The molecule has 0 fully saturated rings. The van der Waals surface area contributed by atoms with Gasteiger partial charge in [0.05, 0.1) is 10.3 Å². The van der Waals surface area contributed by atoms with Crippen molar-refractivity contribution in [2.75, 3.05) is 0 Å². The van der Waals surface area contributed by atoms with Crippen molar-refractivity contribution in [1.29, 1.82) is 10.5 Å². The lowest BCUT2D eigenvalue weighted by Crippen LogP contribution is -2.44. The minimum Gasteiger partial charge on any atom is -0.420 e. The molecule has 4 nitrogen and oxygen atoms in total. The highest BCUT2D eigenvalue weighted by Gasteiger charge is 2.58. The van der Waals surface area contributed by atoms with Crippen LogP contribution in [-0.2, 0) is 9.53 Å². The van der Waals surface area contributed by atoms with E-state index >= 15 is 0 Å². The van der Waals surface area contributed by atoms with Gasteiger partial charge in [-0.3, -0.25) is 0 Å². The molecule has 1 aliphatic carbocycles. The minimum absolute atomic E-state index is 0.109. The second-order valence-corrected chi connectivity index (χ2v) is 8.29. The molecule has 0 bridgehead atoms. The number of fused-ring (bicyclic) bond motifs is 1. The summed E-state index contributed by atoms with van der Waals surface area (Å²) in [5.41, 5.74) is 2.59. The first kappa shape index (κ1) is 15.6. The number of thioether (sulfide) groups is 1. The van der Waals surface area contributed by atoms with Gasteiger partial charge in [-0.15, -0.1) is 11.8 Å². The number of carbonyl (C=O) groups excluding carboxylic acids is 1. The Kier molecular flexibility index (Phi) is 3.15. The summed E-state index contributed by atoms with van der Waals surface area (Å²) in [5.74, 6) is -0.342. The van der Waals surface area contributed by atoms with Crippen LogP contribution in [0.5, 0.6) is 0 Å². The molecular weight excluding hydrogens is 308 g/mol. The third kappa shape index (κ3) is 1.75. The van der Waals surface area contributed by atoms with Gasteiger partial charge in [0.1, 0.15) is 12.1 Å². The molecule has 3 rings (SSSR count). The van der Waals surface area contributed by atoms with Crippen molar-refractivity contribution < 1.29 is 9.53 Å². The minimum atomic E-state index is -0.481. The highest BCUT2D eigenvalue weighted by molar-refractivity contribution is 8.04. The standard InChI is InChI=1S/C18H16N2O2S/c1-9-6-12-10(2)13-14(17(3,4)18(12,5)23-9)16(21)22-15(13)11(7-19)8-20/h6H,1-5H3/t18-/m1/s1. The zero-order valence-electron chi connectivity index (χ0n) is 13.7. The molecule has 0 aromatic carbocycles. The lowest BCUT2D eigenvalue weighted by Gasteiger charge is -2.46. The average Bonchev–Trinajstić information content (AvgIpc) is 2.97. The van der Waals surface area contributed by atoms with Crippen LogP contribution < -0.4 is 0 Å². The number of hydrogen-bond acceptors (Lipinski definition) is 5. The molecule has 0 spiro atoms. The Morgan fingerprint density at radius 2 is 1.83 bits per heavy atom. The predicted octanol–water partition coefficient (Wildman–Crippen LogP) is 3.91. The van der Waals surface area contributed by atoms with Crippen LogP contribution in [0.15, 0.2) is 44.6 Å². The summed E-state index contributed by atoms with van der Waals surface area (Å²) in [6, 6.07) is 3.67. The van der Waals surface area contributed by atoms with Crippen LogP contribution in [0.2, 0.25) is 0 Å². The van der Waals surface area contributed by atoms with E-state index in [1.165, 1.54) is 4.91 Å². The number of allylic oxidation sites excluding steroid dienone is 4. The predicted molar refractivity (Wildman–Crippen MR) is 87.6 cm³/mol. The quantitative estimate of drug-likeness (QED) is 0.499. The first-order chi connectivity index (χ1) is 10.7. The number of carbonyl (C=O) groups is 1. The van der Waals surface area contributed by atoms with E-state index in [1.54, 1.807) is 11.8 Å². The summed E-state index contributed by atoms with van der Waals surface area (Å²) in [6.45, 7) is 10.2. The number of esters is 1. The van der Waals surface area contributed by atoms with Gasteiger partial charge < -0.3 is 4.74 Å². The van der Waals surface area contributed by atoms with Gasteiger partial charge in [0.15, 0.2) is 11.3 Å². The van der Waals surface area contributed by atoms with E-state index in [2.05, 4.69) is 19.9 Å². The van der Waals surface area contributed by atoms with Crippen molar-refractivity contribution in [3.8, 4) is 12.1 Å². The molecule has 0 unspecified atom stereocenters. The monoisotopic (exact) mass is 324 g/mol. The summed E-state index contributed by atoms with van der Waals surface area (Å²) in [4.78, 5) is 13.7. The molecule has 0 aromatic heterocycles. The first-order valence-corrected chi connectivity index (χ1v) is 8.11. The average molecular weight is 324 g/mol. The third-order valence-electron chi connectivity index (χ3n) is 5.15. The molecule has 0 aromatic rings. The lowest BCUT2D eigenvalue weighted by molar-refractivity contribution is -0.134. The molecule has 0 N–H and O–H groups in total. The smallest absolute Gasteiger partial charge is 0.340 e. The summed E-state index contributed by atoms with van der Waals surface area (Å²) < 4.78 is 5.08. The topological polar surface area (TPSA) is 73.9 Å². The zero-order chi connectivity index (χ0) is 17.2. The van der Waals surface area contributed by atoms with E-state index in [0.29, 0.717) is 11.1 Å². The Balaban J connectivity index is 2.41. The first-order valence-electron chi connectivity index (χ1n) is 7.30. The van der Waals surface area contributed by atoms with E-state index in [4.69, 9.17) is 4.74 Å². The Morgan fingerprint density at radius 3 is 2.39 bits per heavy atom.